The number of benzene rings is 2. The maximum atomic E-state index is 4.28. The van der Waals surface area contributed by atoms with Gasteiger partial charge in [0.05, 0.1) is 0 Å². The molecule has 0 saturated heterocycles. The number of rotatable bonds is 4. The molecular weight excluding hydrogens is 272 g/mol. The lowest BCUT2D eigenvalue weighted by atomic mass is 10.1. The molecule has 2 N–H and O–H groups in total. The van der Waals surface area contributed by atoms with Crippen molar-refractivity contribution in [1.82, 2.24) is 9.97 Å². The highest BCUT2D eigenvalue weighted by molar-refractivity contribution is 5.65. The number of hydrogen-bond acceptors (Lipinski definition) is 4. The van der Waals surface area contributed by atoms with Crippen LogP contribution in [0, 0.1) is 13.8 Å². The third-order valence-corrected chi connectivity index (χ3v) is 3.37. The molecular formula is C18H18N4. The van der Waals surface area contributed by atoms with E-state index in [1.165, 1.54) is 11.1 Å². The first-order valence-electron chi connectivity index (χ1n) is 7.19. The minimum absolute atomic E-state index is 0.758. The summed E-state index contributed by atoms with van der Waals surface area (Å²) in [6, 6.07) is 18.2. The second-order valence-electron chi connectivity index (χ2n) is 5.22. The summed E-state index contributed by atoms with van der Waals surface area (Å²) in [5, 5.41) is 6.61. The number of anilines is 4. The van der Waals surface area contributed by atoms with Crippen molar-refractivity contribution < 1.29 is 0 Å². The van der Waals surface area contributed by atoms with Crippen molar-refractivity contribution in [3.63, 3.8) is 0 Å². The topological polar surface area (TPSA) is 49.8 Å². The molecule has 2 aromatic carbocycles. The second kappa shape index (κ2) is 6.26. The van der Waals surface area contributed by atoms with Crippen LogP contribution in [-0.4, -0.2) is 9.97 Å². The van der Waals surface area contributed by atoms with E-state index in [1.807, 2.05) is 36.4 Å². The van der Waals surface area contributed by atoms with Crippen LogP contribution in [0.25, 0.3) is 0 Å². The molecule has 0 fully saturated rings. The monoisotopic (exact) mass is 290 g/mol. The first-order chi connectivity index (χ1) is 10.7. The van der Waals surface area contributed by atoms with Gasteiger partial charge in [0.25, 0.3) is 0 Å². The van der Waals surface area contributed by atoms with Gasteiger partial charge in [-0.3, -0.25) is 0 Å². The van der Waals surface area contributed by atoms with E-state index in [9.17, 15) is 0 Å². The molecule has 0 aliphatic carbocycles. The molecule has 0 aliphatic rings. The van der Waals surface area contributed by atoms with Crippen molar-refractivity contribution in [1.29, 1.82) is 0 Å². The maximum absolute atomic E-state index is 4.28. The van der Waals surface area contributed by atoms with Gasteiger partial charge in [-0.25, -0.2) is 9.97 Å². The van der Waals surface area contributed by atoms with Crippen LogP contribution in [-0.2, 0) is 0 Å². The minimum Gasteiger partial charge on any atom is -0.340 e. The molecule has 0 saturated carbocycles. The second-order valence-corrected chi connectivity index (χ2v) is 5.22. The number of aryl methyl sites for hydroxylation is 2. The van der Waals surface area contributed by atoms with Gasteiger partial charge in [-0.05, 0) is 43.2 Å². The Morgan fingerprint density at radius 1 is 0.773 bits per heavy atom. The lowest BCUT2D eigenvalue weighted by Crippen LogP contribution is -1.99. The number of nitrogens with one attached hydrogen (secondary N) is 2. The third kappa shape index (κ3) is 3.41. The molecule has 1 aromatic heterocycles. The van der Waals surface area contributed by atoms with E-state index < -0.39 is 0 Å². The van der Waals surface area contributed by atoms with Crippen LogP contribution >= 0.6 is 0 Å². The van der Waals surface area contributed by atoms with Gasteiger partial charge in [0.15, 0.2) is 0 Å². The smallest absolute Gasteiger partial charge is 0.135 e. The molecule has 0 bridgehead atoms. The van der Waals surface area contributed by atoms with Crippen LogP contribution < -0.4 is 10.6 Å². The Bertz CT molecular complexity index is 769. The molecule has 110 valence electrons. The highest BCUT2D eigenvalue weighted by Gasteiger charge is 2.03. The zero-order chi connectivity index (χ0) is 15.4. The molecule has 3 aromatic rings. The van der Waals surface area contributed by atoms with Crippen LogP contribution in [0.15, 0.2) is 60.9 Å². The van der Waals surface area contributed by atoms with Gasteiger partial charge in [-0.2, -0.15) is 0 Å². The van der Waals surface area contributed by atoms with Gasteiger partial charge in [-0.1, -0.05) is 30.3 Å². The van der Waals surface area contributed by atoms with E-state index >= 15 is 0 Å². The number of aromatic nitrogens is 2. The Kier molecular flexibility index (Phi) is 4.01. The van der Waals surface area contributed by atoms with Crippen molar-refractivity contribution in [2.75, 3.05) is 10.6 Å². The number of nitrogens with zero attached hydrogens (tertiary/aromatic N) is 2. The van der Waals surface area contributed by atoms with Gasteiger partial charge in [0.2, 0.25) is 0 Å². The average Bonchev–Trinajstić information content (AvgIpc) is 2.52. The average molecular weight is 290 g/mol. The third-order valence-electron chi connectivity index (χ3n) is 3.37. The number of para-hydroxylation sites is 1. The summed E-state index contributed by atoms with van der Waals surface area (Å²) >= 11 is 0. The molecule has 3 rings (SSSR count). The fourth-order valence-corrected chi connectivity index (χ4v) is 2.17. The normalized spacial score (nSPS) is 10.3. The van der Waals surface area contributed by atoms with Crippen LogP contribution in [0.5, 0.6) is 0 Å². The van der Waals surface area contributed by atoms with Crippen LogP contribution in [0.2, 0.25) is 0 Å². The quantitative estimate of drug-likeness (QED) is 0.738. The van der Waals surface area contributed by atoms with Gasteiger partial charge in [0.1, 0.15) is 18.0 Å². The lowest BCUT2D eigenvalue weighted by molar-refractivity contribution is 1.16. The predicted octanol–water partition coefficient (Wildman–Crippen LogP) is 4.58. The first kappa shape index (κ1) is 14.1. The molecule has 0 spiro atoms. The summed E-state index contributed by atoms with van der Waals surface area (Å²) in [5.74, 6) is 1.52. The highest BCUT2D eigenvalue weighted by atomic mass is 15.1. The van der Waals surface area contributed by atoms with E-state index in [2.05, 4.69) is 52.6 Å². The largest absolute Gasteiger partial charge is 0.340 e. The van der Waals surface area contributed by atoms with Gasteiger partial charge < -0.3 is 10.6 Å². The summed E-state index contributed by atoms with van der Waals surface area (Å²) < 4.78 is 0. The first-order valence-corrected chi connectivity index (χ1v) is 7.19. The van der Waals surface area contributed by atoms with E-state index in [4.69, 9.17) is 0 Å². The minimum atomic E-state index is 0.758. The van der Waals surface area contributed by atoms with Crippen molar-refractivity contribution in [2.45, 2.75) is 13.8 Å². The zero-order valence-electron chi connectivity index (χ0n) is 12.7. The fourth-order valence-electron chi connectivity index (χ4n) is 2.17. The summed E-state index contributed by atoms with van der Waals surface area (Å²) in [6.07, 6.45) is 1.55. The van der Waals surface area contributed by atoms with Gasteiger partial charge >= 0.3 is 0 Å². The van der Waals surface area contributed by atoms with E-state index in [0.717, 1.165) is 23.0 Å². The predicted molar refractivity (Wildman–Crippen MR) is 91.0 cm³/mol. The summed E-state index contributed by atoms with van der Waals surface area (Å²) in [7, 11) is 0. The molecule has 1 heterocycles. The summed E-state index contributed by atoms with van der Waals surface area (Å²) in [6.45, 7) is 4.15. The van der Waals surface area contributed by atoms with E-state index in [0.29, 0.717) is 0 Å². The molecule has 0 unspecified atom stereocenters. The Morgan fingerprint density at radius 3 is 2.27 bits per heavy atom. The van der Waals surface area contributed by atoms with E-state index in [-0.39, 0.29) is 0 Å². The van der Waals surface area contributed by atoms with E-state index in [1.54, 1.807) is 6.33 Å². The van der Waals surface area contributed by atoms with Crippen molar-refractivity contribution >= 4 is 23.0 Å². The Morgan fingerprint density at radius 2 is 1.50 bits per heavy atom. The lowest BCUT2D eigenvalue weighted by Gasteiger charge is -2.11. The van der Waals surface area contributed by atoms with Crippen molar-refractivity contribution in [3.8, 4) is 0 Å². The maximum Gasteiger partial charge on any atom is 0.135 e. The van der Waals surface area contributed by atoms with Crippen molar-refractivity contribution in [2.24, 2.45) is 0 Å². The molecule has 4 heteroatoms. The molecule has 4 nitrogen and oxygen atoms in total. The molecule has 0 radical (unpaired) electrons. The van der Waals surface area contributed by atoms with Crippen molar-refractivity contribution in [3.05, 3.63) is 72.1 Å². The Balaban J connectivity index is 1.81. The molecule has 0 aliphatic heterocycles. The highest BCUT2D eigenvalue weighted by Crippen LogP contribution is 2.22. The molecule has 22 heavy (non-hydrogen) atoms. The zero-order valence-corrected chi connectivity index (χ0v) is 12.7. The Hall–Kier alpha value is -2.88. The fraction of sp³-hybridized carbons (Fsp3) is 0.111. The number of hydrogen-bond donors (Lipinski definition) is 2. The van der Waals surface area contributed by atoms with Gasteiger partial charge in [0, 0.05) is 17.4 Å². The molecule has 0 atom stereocenters. The summed E-state index contributed by atoms with van der Waals surface area (Å²) in [4.78, 5) is 8.54. The molecule has 0 amide bonds. The van der Waals surface area contributed by atoms with Crippen LogP contribution in [0.1, 0.15) is 11.1 Å². The Labute approximate surface area is 130 Å². The summed E-state index contributed by atoms with van der Waals surface area (Å²) in [5.41, 5.74) is 4.45. The SMILES string of the molecule is Cc1ccc(C)c(Nc2cc(Nc3ccccc3)ncn2)c1. The van der Waals surface area contributed by atoms with Gasteiger partial charge in [-0.15, -0.1) is 0 Å². The van der Waals surface area contributed by atoms with Crippen LogP contribution in [0.3, 0.4) is 0 Å². The van der Waals surface area contributed by atoms with Crippen LogP contribution in [0.4, 0.5) is 23.0 Å². The standard InChI is InChI=1S/C18H18N4/c1-13-8-9-14(2)16(10-13)22-18-11-17(19-12-20-18)21-15-6-4-3-5-7-15/h3-12H,1-2H3,(H2,19,20,21,22).